The number of phenolic OH excluding ortho intramolecular Hbond substituents is 1. The van der Waals surface area contributed by atoms with Crippen molar-refractivity contribution in [3.05, 3.63) is 82.4 Å². The fourth-order valence-corrected chi connectivity index (χ4v) is 3.93. The third kappa shape index (κ3) is 2.95. The average molecular weight is 376 g/mol. The maximum atomic E-state index is 10.6. The van der Waals surface area contributed by atoms with Crippen molar-refractivity contribution in [2.75, 3.05) is 14.2 Å². The highest BCUT2D eigenvalue weighted by Gasteiger charge is 2.39. The first-order valence-electron chi connectivity index (χ1n) is 9.31. The molecule has 3 aromatic rings. The van der Waals surface area contributed by atoms with Crippen molar-refractivity contribution in [3.8, 4) is 23.0 Å². The number of aromatic hydroxyl groups is 1. The Labute approximate surface area is 165 Å². The zero-order chi connectivity index (χ0) is 19.8. The largest absolute Gasteiger partial charge is 0.504 e. The van der Waals surface area contributed by atoms with Crippen LogP contribution < -0.4 is 14.2 Å². The van der Waals surface area contributed by atoms with Crippen LogP contribution in [0.4, 0.5) is 0 Å². The number of benzene rings is 3. The van der Waals surface area contributed by atoms with E-state index < -0.39 is 0 Å². The Morgan fingerprint density at radius 1 is 0.857 bits per heavy atom. The first-order chi connectivity index (χ1) is 13.5. The first kappa shape index (κ1) is 18.2. The van der Waals surface area contributed by atoms with Crippen LogP contribution >= 0.6 is 0 Å². The minimum Gasteiger partial charge on any atom is -0.504 e. The van der Waals surface area contributed by atoms with Gasteiger partial charge in [0.15, 0.2) is 11.5 Å². The number of aryl methyl sites for hydroxylation is 1. The number of ether oxygens (including phenoxy) is 3. The summed E-state index contributed by atoms with van der Waals surface area (Å²) in [5.41, 5.74) is 5.20. The van der Waals surface area contributed by atoms with E-state index in [1.807, 2.05) is 31.2 Å². The van der Waals surface area contributed by atoms with Crippen molar-refractivity contribution in [3.63, 3.8) is 0 Å². The lowest BCUT2D eigenvalue weighted by atomic mass is 9.83. The highest BCUT2D eigenvalue weighted by atomic mass is 16.5. The molecule has 0 saturated carbocycles. The zero-order valence-electron chi connectivity index (χ0n) is 16.5. The normalized spacial score (nSPS) is 17.7. The molecule has 1 aliphatic rings. The summed E-state index contributed by atoms with van der Waals surface area (Å²) in [6, 6.07) is 18.2. The van der Waals surface area contributed by atoms with Gasteiger partial charge < -0.3 is 19.3 Å². The summed E-state index contributed by atoms with van der Waals surface area (Å²) in [6.45, 7) is 3.99. The lowest BCUT2D eigenvalue weighted by molar-refractivity contribution is 0.221. The standard InChI is InChI=1S/C24H24O4/c1-14-5-7-16(8-6-14)22-21-15(2)23(25)20(27-4)13-19(21)28-24(22)17-9-11-18(26-3)12-10-17/h5-13,22,24-25H,1-4H3/t22-,24+/m1/s1. The predicted molar refractivity (Wildman–Crippen MR) is 109 cm³/mol. The lowest BCUT2D eigenvalue weighted by Gasteiger charge is -2.21. The molecular weight excluding hydrogens is 352 g/mol. The van der Waals surface area contributed by atoms with E-state index in [2.05, 4.69) is 31.2 Å². The Kier molecular flexibility index (Phi) is 4.63. The van der Waals surface area contributed by atoms with Crippen LogP contribution in [0.2, 0.25) is 0 Å². The minimum absolute atomic E-state index is 0.0270. The van der Waals surface area contributed by atoms with Gasteiger partial charge in [0.2, 0.25) is 0 Å². The topological polar surface area (TPSA) is 47.9 Å². The molecule has 0 aliphatic carbocycles. The number of fused-ring (bicyclic) bond motifs is 1. The molecule has 0 radical (unpaired) electrons. The molecule has 4 nitrogen and oxygen atoms in total. The van der Waals surface area contributed by atoms with Gasteiger partial charge in [0.25, 0.3) is 0 Å². The monoisotopic (exact) mass is 376 g/mol. The van der Waals surface area contributed by atoms with E-state index in [1.165, 1.54) is 5.56 Å². The van der Waals surface area contributed by atoms with Crippen LogP contribution in [-0.2, 0) is 0 Å². The molecule has 0 fully saturated rings. The number of rotatable bonds is 4. The van der Waals surface area contributed by atoms with E-state index in [-0.39, 0.29) is 17.8 Å². The molecular formula is C24H24O4. The van der Waals surface area contributed by atoms with Crippen LogP contribution in [0.15, 0.2) is 54.6 Å². The second-order valence-corrected chi connectivity index (χ2v) is 7.16. The van der Waals surface area contributed by atoms with Crippen molar-refractivity contribution in [1.29, 1.82) is 0 Å². The van der Waals surface area contributed by atoms with Gasteiger partial charge in [-0.3, -0.25) is 0 Å². The van der Waals surface area contributed by atoms with Crippen molar-refractivity contribution in [2.24, 2.45) is 0 Å². The molecule has 0 spiro atoms. The van der Waals surface area contributed by atoms with Crippen molar-refractivity contribution in [1.82, 2.24) is 0 Å². The molecule has 0 unspecified atom stereocenters. The first-order valence-corrected chi connectivity index (χ1v) is 9.31. The SMILES string of the molecule is COc1ccc([C@@H]2Oc3cc(OC)c(O)c(C)c3[C@H]2c2ccc(C)cc2)cc1. The van der Waals surface area contributed by atoms with Gasteiger partial charge in [0.05, 0.1) is 20.1 Å². The van der Waals surface area contributed by atoms with Crippen LogP contribution in [0.1, 0.15) is 39.8 Å². The van der Waals surface area contributed by atoms with E-state index >= 15 is 0 Å². The molecule has 144 valence electrons. The molecule has 1 aliphatic heterocycles. The van der Waals surface area contributed by atoms with Crippen molar-refractivity contribution < 1.29 is 19.3 Å². The van der Waals surface area contributed by atoms with E-state index in [4.69, 9.17) is 14.2 Å². The third-order valence-corrected chi connectivity index (χ3v) is 5.49. The smallest absolute Gasteiger partial charge is 0.164 e. The maximum Gasteiger partial charge on any atom is 0.164 e. The molecule has 3 aromatic carbocycles. The highest BCUT2D eigenvalue weighted by molar-refractivity contribution is 5.62. The fourth-order valence-electron chi connectivity index (χ4n) is 3.93. The molecule has 28 heavy (non-hydrogen) atoms. The Morgan fingerprint density at radius 2 is 1.50 bits per heavy atom. The summed E-state index contributed by atoms with van der Waals surface area (Å²) in [5.74, 6) is 2.12. The van der Waals surface area contributed by atoms with E-state index in [0.717, 1.165) is 33.8 Å². The van der Waals surface area contributed by atoms with Crippen LogP contribution in [0.5, 0.6) is 23.0 Å². The predicted octanol–water partition coefficient (Wildman–Crippen LogP) is 5.29. The van der Waals surface area contributed by atoms with E-state index in [9.17, 15) is 5.11 Å². The second-order valence-electron chi connectivity index (χ2n) is 7.16. The molecule has 0 saturated heterocycles. The number of phenols is 1. The van der Waals surface area contributed by atoms with Gasteiger partial charge in [-0.2, -0.15) is 0 Å². The summed E-state index contributed by atoms with van der Waals surface area (Å²) in [5, 5.41) is 10.6. The molecule has 4 rings (SSSR count). The van der Waals surface area contributed by atoms with E-state index in [1.54, 1.807) is 20.3 Å². The molecule has 0 aromatic heterocycles. The van der Waals surface area contributed by atoms with Gasteiger partial charge >= 0.3 is 0 Å². The summed E-state index contributed by atoms with van der Waals surface area (Å²) < 4.78 is 17.0. The third-order valence-electron chi connectivity index (χ3n) is 5.49. The Balaban J connectivity index is 1.88. The number of hydrogen-bond donors (Lipinski definition) is 1. The molecule has 2 atom stereocenters. The molecule has 4 heteroatoms. The summed E-state index contributed by atoms with van der Waals surface area (Å²) >= 11 is 0. The van der Waals surface area contributed by atoms with Crippen LogP contribution in [0.25, 0.3) is 0 Å². The van der Waals surface area contributed by atoms with Crippen molar-refractivity contribution in [2.45, 2.75) is 25.9 Å². The van der Waals surface area contributed by atoms with E-state index in [0.29, 0.717) is 5.75 Å². The van der Waals surface area contributed by atoms with Gasteiger partial charge in [-0.25, -0.2) is 0 Å². The summed E-state index contributed by atoms with van der Waals surface area (Å²) in [7, 11) is 3.21. The quantitative estimate of drug-likeness (QED) is 0.672. The van der Waals surface area contributed by atoms with Crippen LogP contribution in [0.3, 0.4) is 0 Å². The summed E-state index contributed by atoms with van der Waals surface area (Å²) in [4.78, 5) is 0. The maximum absolute atomic E-state index is 10.6. The highest BCUT2D eigenvalue weighted by Crippen LogP contribution is 2.54. The molecule has 1 N–H and O–H groups in total. The lowest BCUT2D eigenvalue weighted by Crippen LogP contribution is -2.12. The number of hydrogen-bond acceptors (Lipinski definition) is 4. The van der Waals surface area contributed by atoms with Gasteiger partial charge in [-0.05, 0) is 37.1 Å². The number of methoxy groups -OCH3 is 2. The Bertz CT molecular complexity index is 991. The average Bonchev–Trinajstić information content (AvgIpc) is 3.11. The van der Waals surface area contributed by atoms with Crippen molar-refractivity contribution >= 4 is 0 Å². The molecule has 0 amide bonds. The Hall–Kier alpha value is -3.14. The van der Waals surface area contributed by atoms with Gasteiger partial charge in [0.1, 0.15) is 17.6 Å². The van der Waals surface area contributed by atoms with Crippen LogP contribution in [0, 0.1) is 13.8 Å². The van der Waals surface area contributed by atoms with Crippen LogP contribution in [-0.4, -0.2) is 19.3 Å². The zero-order valence-corrected chi connectivity index (χ0v) is 16.5. The van der Waals surface area contributed by atoms with Gasteiger partial charge in [0, 0.05) is 17.2 Å². The molecule has 0 bridgehead atoms. The summed E-state index contributed by atoms with van der Waals surface area (Å²) in [6.07, 6.45) is -0.200. The van der Waals surface area contributed by atoms with Gasteiger partial charge in [-0.15, -0.1) is 0 Å². The molecule has 1 heterocycles. The minimum atomic E-state index is -0.200. The fraction of sp³-hybridized carbons (Fsp3) is 0.250. The Morgan fingerprint density at radius 3 is 2.11 bits per heavy atom. The second kappa shape index (κ2) is 7.12. The van der Waals surface area contributed by atoms with Gasteiger partial charge in [-0.1, -0.05) is 42.0 Å².